The van der Waals surface area contributed by atoms with Gasteiger partial charge in [-0.3, -0.25) is 0 Å². The molecule has 0 spiro atoms. The maximum atomic E-state index is 12.2. The minimum atomic E-state index is -3.69. The average molecular weight is 360 g/mol. The van der Waals surface area contributed by atoms with E-state index in [2.05, 4.69) is 21.1 Å². The van der Waals surface area contributed by atoms with Crippen molar-refractivity contribution in [3.8, 4) is 0 Å². The fourth-order valence-electron chi connectivity index (χ4n) is 1.62. The van der Waals surface area contributed by atoms with Crippen molar-refractivity contribution in [2.45, 2.75) is 17.6 Å². The maximum Gasteiger partial charge on any atom is 0.336 e. The number of aryl methyl sites for hydroxylation is 1. The molecule has 1 aromatic carbocycles. The predicted octanol–water partition coefficient (Wildman–Crippen LogP) is 2.42. The lowest BCUT2D eigenvalue weighted by Gasteiger charge is -2.05. The van der Waals surface area contributed by atoms with Gasteiger partial charge in [-0.15, -0.1) is 0 Å². The highest BCUT2D eigenvalue weighted by molar-refractivity contribution is 9.10. The van der Waals surface area contributed by atoms with Crippen molar-refractivity contribution in [2.75, 3.05) is 0 Å². The molecular formula is C12H10BrNO5S. The summed E-state index contributed by atoms with van der Waals surface area (Å²) in [6.07, 6.45) is 0. The number of carboxylic acid groups (broad SMARTS) is 1. The van der Waals surface area contributed by atoms with Gasteiger partial charge >= 0.3 is 5.97 Å². The zero-order valence-corrected chi connectivity index (χ0v) is 12.7. The van der Waals surface area contributed by atoms with E-state index in [0.717, 1.165) is 6.07 Å². The number of benzene rings is 1. The fourth-order valence-corrected chi connectivity index (χ4v) is 3.28. The second-order valence-electron chi connectivity index (χ2n) is 4.14. The molecule has 106 valence electrons. The number of carbonyl (C=O) groups is 1. The van der Waals surface area contributed by atoms with Gasteiger partial charge < -0.3 is 9.63 Å². The third-order valence-corrected chi connectivity index (χ3v) is 4.86. The first-order chi connectivity index (χ1) is 9.29. The van der Waals surface area contributed by atoms with Gasteiger partial charge in [0, 0.05) is 10.5 Å². The Kier molecular flexibility index (Phi) is 3.96. The van der Waals surface area contributed by atoms with Gasteiger partial charge in [0.25, 0.3) is 0 Å². The van der Waals surface area contributed by atoms with Gasteiger partial charge in [0.1, 0.15) is 5.75 Å². The average Bonchev–Trinajstić information content (AvgIpc) is 2.73. The molecule has 0 aliphatic heterocycles. The summed E-state index contributed by atoms with van der Waals surface area (Å²) < 4.78 is 29.6. The molecule has 1 aromatic heterocycles. The number of hydrogen-bond donors (Lipinski definition) is 1. The number of hydrogen-bond acceptors (Lipinski definition) is 5. The van der Waals surface area contributed by atoms with Crippen molar-refractivity contribution in [1.29, 1.82) is 0 Å². The molecule has 0 amide bonds. The standard InChI is InChI=1S/C12H10BrNO5S/c1-7-4-8(19-14-7)6-20(17,18)9-2-3-11(13)10(5-9)12(15)16/h2-5H,6H2,1H3,(H,15,16). The smallest absolute Gasteiger partial charge is 0.336 e. The van der Waals surface area contributed by atoms with Crippen molar-refractivity contribution in [1.82, 2.24) is 5.16 Å². The highest BCUT2D eigenvalue weighted by Crippen LogP contribution is 2.23. The first-order valence-corrected chi connectivity index (χ1v) is 7.92. The van der Waals surface area contributed by atoms with Gasteiger partial charge in [-0.05, 0) is 41.1 Å². The van der Waals surface area contributed by atoms with E-state index in [1.165, 1.54) is 18.2 Å². The van der Waals surface area contributed by atoms with E-state index in [1.54, 1.807) is 6.92 Å². The Balaban J connectivity index is 2.39. The molecule has 0 saturated heterocycles. The normalized spacial score (nSPS) is 11.5. The largest absolute Gasteiger partial charge is 0.478 e. The molecule has 0 unspecified atom stereocenters. The minimum Gasteiger partial charge on any atom is -0.478 e. The Bertz CT molecular complexity index is 766. The van der Waals surface area contributed by atoms with Crippen LogP contribution in [0.15, 0.2) is 38.2 Å². The van der Waals surface area contributed by atoms with Crippen molar-refractivity contribution in [2.24, 2.45) is 0 Å². The number of nitrogens with zero attached hydrogens (tertiary/aromatic N) is 1. The molecule has 0 radical (unpaired) electrons. The van der Waals surface area contributed by atoms with Crippen molar-refractivity contribution in [3.63, 3.8) is 0 Å². The van der Waals surface area contributed by atoms with Crippen LogP contribution in [0.2, 0.25) is 0 Å². The van der Waals surface area contributed by atoms with Crippen LogP contribution in [-0.2, 0) is 15.6 Å². The molecule has 20 heavy (non-hydrogen) atoms. The summed E-state index contributed by atoms with van der Waals surface area (Å²) in [6.45, 7) is 1.68. The number of aromatic carboxylic acids is 1. The van der Waals surface area contributed by atoms with Gasteiger partial charge in [0.15, 0.2) is 15.6 Å². The first-order valence-electron chi connectivity index (χ1n) is 5.47. The summed E-state index contributed by atoms with van der Waals surface area (Å²) in [5, 5.41) is 12.6. The lowest BCUT2D eigenvalue weighted by Crippen LogP contribution is -2.07. The van der Waals surface area contributed by atoms with E-state index in [4.69, 9.17) is 9.63 Å². The van der Waals surface area contributed by atoms with Crippen LogP contribution in [0.5, 0.6) is 0 Å². The van der Waals surface area contributed by atoms with Crippen LogP contribution < -0.4 is 0 Å². The topological polar surface area (TPSA) is 97.5 Å². The summed E-state index contributed by atoms with van der Waals surface area (Å²) in [4.78, 5) is 10.9. The highest BCUT2D eigenvalue weighted by Gasteiger charge is 2.21. The summed E-state index contributed by atoms with van der Waals surface area (Å²) in [5.74, 6) is -1.36. The van der Waals surface area contributed by atoms with E-state index >= 15 is 0 Å². The Hall–Kier alpha value is -1.67. The third-order valence-electron chi connectivity index (χ3n) is 2.54. The third kappa shape index (κ3) is 3.07. The van der Waals surface area contributed by atoms with E-state index in [9.17, 15) is 13.2 Å². The van der Waals surface area contributed by atoms with Gasteiger partial charge in [0.05, 0.1) is 16.2 Å². The SMILES string of the molecule is Cc1cc(CS(=O)(=O)c2ccc(Br)c(C(=O)O)c2)on1. The zero-order chi connectivity index (χ0) is 14.9. The molecule has 6 nitrogen and oxygen atoms in total. The molecule has 1 N–H and O–H groups in total. The number of carboxylic acids is 1. The second kappa shape index (κ2) is 5.37. The van der Waals surface area contributed by atoms with Crippen LogP contribution in [0.1, 0.15) is 21.8 Å². The second-order valence-corrected chi connectivity index (χ2v) is 6.98. The number of aromatic nitrogens is 1. The molecule has 1 heterocycles. The Morgan fingerprint density at radius 1 is 1.40 bits per heavy atom. The lowest BCUT2D eigenvalue weighted by molar-refractivity contribution is 0.0695. The molecule has 0 aliphatic carbocycles. The lowest BCUT2D eigenvalue weighted by atomic mass is 10.2. The van der Waals surface area contributed by atoms with Crippen LogP contribution in [0.3, 0.4) is 0 Å². The van der Waals surface area contributed by atoms with Crippen molar-refractivity contribution < 1.29 is 22.8 Å². The molecule has 0 bridgehead atoms. The molecule has 0 fully saturated rings. The van der Waals surface area contributed by atoms with E-state index in [1.807, 2.05) is 0 Å². The molecular weight excluding hydrogens is 350 g/mol. The quantitative estimate of drug-likeness (QED) is 0.899. The Labute approximate surface area is 123 Å². The maximum absolute atomic E-state index is 12.2. The van der Waals surface area contributed by atoms with E-state index < -0.39 is 15.8 Å². The van der Waals surface area contributed by atoms with E-state index in [0.29, 0.717) is 10.2 Å². The molecule has 0 saturated carbocycles. The molecule has 2 aromatic rings. The van der Waals surface area contributed by atoms with Crippen LogP contribution >= 0.6 is 15.9 Å². The fraction of sp³-hybridized carbons (Fsp3) is 0.167. The van der Waals surface area contributed by atoms with Gasteiger partial charge in [-0.25, -0.2) is 13.2 Å². The van der Waals surface area contributed by atoms with Crippen LogP contribution in [-0.4, -0.2) is 24.7 Å². The molecule has 0 aliphatic rings. The monoisotopic (exact) mass is 359 g/mol. The van der Waals surface area contributed by atoms with Crippen molar-refractivity contribution in [3.05, 3.63) is 45.8 Å². The van der Waals surface area contributed by atoms with Crippen molar-refractivity contribution >= 4 is 31.7 Å². The number of halogens is 1. The highest BCUT2D eigenvalue weighted by atomic mass is 79.9. The molecule has 2 rings (SSSR count). The summed E-state index contributed by atoms with van der Waals surface area (Å²) >= 11 is 3.06. The van der Waals surface area contributed by atoms with Gasteiger partial charge in [0.2, 0.25) is 0 Å². The summed E-state index contributed by atoms with van der Waals surface area (Å²) in [6, 6.07) is 5.37. The molecule has 8 heteroatoms. The first kappa shape index (κ1) is 14.7. The summed E-state index contributed by atoms with van der Waals surface area (Å²) in [5.41, 5.74) is 0.469. The number of rotatable bonds is 4. The summed E-state index contributed by atoms with van der Waals surface area (Å²) in [7, 11) is -3.69. The van der Waals surface area contributed by atoms with Gasteiger partial charge in [-0.1, -0.05) is 5.16 Å². The van der Waals surface area contributed by atoms with Gasteiger partial charge in [-0.2, -0.15) is 0 Å². The Morgan fingerprint density at radius 3 is 2.65 bits per heavy atom. The zero-order valence-electron chi connectivity index (χ0n) is 10.3. The number of sulfone groups is 1. The Morgan fingerprint density at radius 2 is 2.10 bits per heavy atom. The van der Waals surface area contributed by atoms with Crippen LogP contribution in [0.4, 0.5) is 0 Å². The van der Waals surface area contributed by atoms with Crippen LogP contribution in [0, 0.1) is 6.92 Å². The predicted molar refractivity (Wildman–Crippen MR) is 73.2 cm³/mol. The minimum absolute atomic E-state index is 0.0767. The molecule has 0 atom stereocenters. The van der Waals surface area contributed by atoms with E-state index in [-0.39, 0.29) is 22.0 Å². The van der Waals surface area contributed by atoms with Crippen LogP contribution in [0.25, 0.3) is 0 Å².